The van der Waals surface area contributed by atoms with E-state index in [0.717, 1.165) is 25.0 Å². The van der Waals surface area contributed by atoms with E-state index < -0.39 is 11.5 Å². The van der Waals surface area contributed by atoms with E-state index in [-0.39, 0.29) is 12.3 Å². The van der Waals surface area contributed by atoms with Crippen LogP contribution in [0.3, 0.4) is 0 Å². The van der Waals surface area contributed by atoms with Gasteiger partial charge in [0.2, 0.25) is 0 Å². The van der Waals surface area contributed by atoms with Gasteiger partial charge in [-0.1, -0.05) is 19.3 Å². The standard InChI is InChI=1S/C13H19N3O3/c1-9-7-10(16-15-9)12(19)14-13(8-11(17)18)5-3-2-4-6-13/h7H,2-6,8H2,1H3,(H,14,19)(H,15,16)(H,17,18). The number of hydrogen-bond donors (Lipinski definition) is 3. The van der Waals surface area contributed by atoms with Crippen LogP contribution in [0.4, 0.5) is 0 Å². The van der Waals surface area contributed by atoms with E-state index in [2.05, 4.69) is 15.5 Å². The molecule has 1 heterocycles. The summed E-state index contributed by atoms with van der Waals surface area (Å²) in [6.07, 6.45) is 4.41. The second-order valence-corrected chi connectivity index (χ2v) is 5.30. The summed E-state index contributed by atoms with van der Waals surface area (Å²) in [5, 5.41) is 18.6. The van der Waals surface area contributed by atoms with Gasteiger partial charge in [0.25, 0.3) is 5.91 Å². The molecule has 0 bridgehead atoms. The third-order valence-electron chi connectivity index (χ3n) is 3.62. The zero-order valence-corrected chi connectivity index (χ0v) is 11.0. The molecule has 0 aliphatic heterocycles. The summed E-state index contributed by atoms with van der Waals surface area (Å²) in [4.78, 5) is 23.1. The zero-order valence-electron chi connectivity index (χ0n) is 11.0. The van der Waals surface area contributed by atoms with Gasteiger partial charge in [-0.3, -0.25) is 14.7 Å². The van der Waals surface area contributed by atoms with Crippen molar-refractivity contribution in [2.24, 2.45) is 0 Å². The number of carbonyl (C=O) groups is 2. The molecule has 0 saturated heterocycles. The third kappa shape index (κ3) is 3.33. The van der Waals surface area contributed by atoms with E-state index in [1.54, 1.807) is 6.07 Å². The Kier molecular flexibility index (Phi) is 3.87. The van der Waals surface area contributed by atoms with Crippen LogP contribution in [-0.2, 0) is 4.79 Å². The fraction of sp³-hybridized carbons (Fsp3) is 0.615. The van der Waals surface area contributed by atoms with Gasteiger partial charge in [0.05, 0.1) is 12.0 Å². The van der Waals surface area contributed by atoms with E-state index in [9.17, 15) is 9.59 Å². The molecule has 1 aliphatic rings. The number of aromatic amines is 1. The van der Waals surface area contributed by atoms with E-state index in [0.29, 0.717) is 18.5 Å². The normalized spacial score (nSPS) is 17.9. The van der Waals surface area contributed by atoms with Crippen LogP contribution in [0, 0.1) is 6.92 Å². The minimum absolute atomic E-state index is 0.0256. The first-order chi connectivity index (χ1) is 9.01. The van der Waals surface area contributed by atoms with Crippen LogP contribution in [0.25, 0.3) is 0 Å². The number of nitrogens with one attached hydrogen (secondary N) is 2. The monoisotopic (exact) mass is 265 g/mol. The molecule has 6 heteroatoms. The SMILES string of the molecule is Cc1cc(C(=O)NC2(CC(=O)O)CCCCC2)n[nH]1. The van der Waals surface area contributed by atoms with Gasteiger partial charge >= 0.3 is 5.97 Å². The Morgan fingerprint density at radius 2 is 2.11 bits per heavy atom. The Hall–Kier alpha value is -1.85. The molecule has 19 heavy (non-hydrogen) atoms. The molecule has 3 N–H and O–H groups in total. The number of aromatic nitrogens is 2. The van der Waals surface area contributed by atoms with E-state index >= 15 is 0 Å². The lowest BCUT2D eigenvalue weighted by atomic mass is 9.79. The largest absolute Gasteiger partial charge is 0.481 e. The fourth-order valence-electron chi connectivity index (χ4n) is 2.70. The number of hydrogen-bond acceptors (Lipinski definition) is 3. The number of H-pyrrole nitrogens is 1. The molecule has 1 saturated carbocycles. The first-order valence-electron chi connectivity index (χ1n) is 6.57. The second-order valence-electron chi connectivity index (χ2n) is 5.30. The molecule has 0 radical (unpaired) electrons. The summed E-state index contributed by atoms with van der Waals surface area (Å²) < 4.78 is 0. The predicted octanol–water partition coefficient (Wildman–Crippen LogP) is 1.63. The number of rotatable bonds is 4. The first-order valence-corrected chi connectivity index (χ1v) is 6.57. The van der Waals surface area contributed by atoms with Gasteiger partial charge in [-0.2, -0.15) is 5.10 Å². The van der Waals surface area contributed by atoms with Gasteiger partial charge in [-0.05, 0) is 25.8 Å². The number of aliphatic carboxylic acids is 1. The van der Waals surface area contributed by atoms with Crippen LogP contribution in [0.1, 0.15) is 54.7 Å². The van der Waals surface area contributed by atoms with Gasteiger partial charge in [-0.25, -0.2) is 0 Å². The molecule has 0 atom stereocenters. The summed E-state index contributed by atoms with van der Waals surface area (Å²) in [5.41, 5.74) is 0.502. The van der Waals surface area contributed by atoms with Gasteiger partial charge in [0, 0.05) is 5.69 Å². The average Bonchev–Trinajstić information content (AvgIpc) is 2.76. The molecule has 0 unspecified atom stereocenters. The Morgan fingerprint density at radius 1 is 1.42 bits per heavy atom. The summed E-state index contributed by atoms with van der Waals surface area (Å²) in [6, 6.07) is 1.66. The van der Waals surface area contributed by atoms with Crippen LogP contribution in [0.15, 0.2) is 6.07 Å². The smallest absolute Gasteiger partial charge is 0.305 e. The lowest BCUT2D eigenvalue weighted by molar-refractivity contribution is -0.139. The van der Waals surface area contributed by atoms with Crippen LogP contribution in [0.5, 0.6) is 0 Å². The maximum Gasteiger partial charge on any atom is 0.305 e. The van der Waals surface area contributed by atoms with Crippen molar-refractivity contribution in [2.45, 2.75) is 51.0 Å². The lowest BCUT2D eigenvalue weighted by Crippen LogP contribution is -2.51. The van der Waals surface area contributed by atoms with Crippen molar-refractivity contribution in [3.05, 3.63) is 17.5 Å². The van der Waals surface area contributed by atoms with Crippen molar-refractivity contribution in [3.8, 4) is 0 Å². The highest BCUT2D eigenvalue weighted by Crippen LogP contribution is 2.31. The van der Waals surface area contributed by atoms with Crippen molar-refractivity contribution in [3.63, 3.8) is 0 Å². The highest BCUT2D eigenvalue weighted by Gasteiger charge is 2.36. The predicted molar refractivity (Wildman–Crippen MR) is 68.9 cm³/mol. The highest BCUT2D eigenvalue weighted by molar-refractivity contribution is 5.93. The molecular formula is C13H19N3O3. The van der Waals surface area contributed by atoms with E-state index in [4.69, 9.17) is 5.11 Å². The summed E-state index contributed by atoms with van der Waals surface area (Å²) >= 11 is 0. The van der Waals surface area contributed by atoms with Crippen LogP contribution >= 0.6 is 0 Å². The number of aryl methyl sites for hydroxylation is 1. The Morgan fingerprint density at radius 3 is 2.63 bits per heavy atom. The minimum Gasteiger partial charge on any atom is -0.481 e. The number of amides is 1. The maximum atomic E-state index is 12.1. The van der Waals surface area contributed by atoms with Gasteiger partial charge in [0.15, 0.2) is 0 Å². The molecule has 104 valence electrons. The minimum atomic E-state index is -0.875. The summed E-state index contributed by atoms with van der Waals surface area (Å²) in [6.45, 7) is 1.82. The molecule has 1 aromatic rings. The number of carboxylic acids is 1. The van der Waals surface area contributed by atoms with Gasteiger partial charge in [-0.15, -0.1) is 0 Å². The molecule has 1 aromatic heterocycles. The molecule has 6 nitrogen and oxygen atoms in total. The number of carboxylic acid groups (broad SMARTS) is 1. The van der Waals surface area contributed by atoms with E-state index in [1.165, 1.54) is 0 Å². The van der Waals surface area contributed by atoms with Crippen LogP contribution in [0.2, 0.25) is 0 Å². The van der Waals surface area contributed by atoms with E-state index in [1.807, 2.05) is 6.92 Å². The number of carbonyl (C=O) groups excluding carboxylic acids is 1. The molecule has 2 rings (SSSR count). The average molecular weight is 265 g/mol. The van der Waals surface area contributed by atoms with Crippen LogP contribution < -0.4 is 5.32 Å². The van der Waals surface area contributed by atoms with Crippen molar-refractivity contribution in [1.82, 2.24) is 15.5 Å². The quantitative estimate of drug-likeness (QED) is 0.771. The van der Waals surface area contributed by atoms with Crippen molar-refractivity contribution in [2.75, 3.05) is 0 Å². The molecule has 1 amide bonds. The van der Waals surface area contributed by atoms with Crippen molar-refractivity contribution < 1.29 is 14.7 Å². The van der Waals surface area contributed by atoms with Crippen molar-refractivity contribution >= 4 is 11.9 Å². The van der Waals surface area contributed by atoms with Gasteiger partial charge in [0.1, 0.15) is 5.69 Å². The maximum absolute atomic E-state index is 12.1. The number of nitrogens with zero attached hydrogens (tertiary/aromatic N) is 1. The highest BCUT2D eigenvalue weighted by atomic mass is 16.4. The summed E-state index contributed by atoms with van der Waals surface area (Å²) in [7, 11) is 0. The molecular weight excluding hydrogens is 246 g/mol. The summed E-state index contributed by atoms with van der Waals surface area (Å²) in [5.74, 6) is -1.17. The molecule has 0 spiro atoms. The van der Waals surface area contributed by atoms with Crippen LogP contribution in [-0.4, -0.2) is 32.7 Å². The third-order valence-corrected chi connectivity index (χ3v) is 3.62. The fourth-order valence-corrected chi connectivity index (χ4v) is 2.70. The second kappa shape index (κ2) is 5.42. The topological polar surface area (TPSA) is 95.1 Å². The van der Waals surface area contributed by atoms with Crippen molar-refractivity contribution in [1.29, 1.82) is 0 Å². The molecule has 0 aromatic carbocycles. The zero-order chi connectivity index (χ0) is 13.9. The Bertz CT molecular complexity index is 475. The lowest BCUT2D eigenvalue weighted by Gasteiger charge is -2.36. The van der Waals surface area contributed by atoms with Gasteiger partial charge < -0.3 is 10.4 Å². The first kappa shape index (κ1) is 13.6. The Balaban J connectivity index is 2.11. The molecule has 1 fully saturated rings. The Labute approximate surface area is 111 Å². The molecule has 1 aliphatic carbocycles.